The van der Waals surface area contributed by atoms with Gasteiger partial charge in [0.2, 0.25) is 0 Å². The summed E-state index contributed by atoms with van der Waals surface area (Å²) in [5.41, 5.74) is 5.47. The zero-order valence-electron chi connectivity index (χ0n) is 15.0. The van der Waals surface area contributed by atoms with E-state index in [4.69, 9.17) is 20.6 Å². The molecule has 1 amide bonds. The second-order valence-electron chi connectivity index (χ2n) is 6.73. The SMILES string of the molecule is CC(C)C(=O)OC[C@@H]1O[C@@H](n2cnc(=N)c3c(C(N)=O)c(Br)[nH]c32)[C@@H](O)[C@@H]1O. The van der Waals surface area contributed by atoms with E-state index in [1.165, 1.54) is 10.9 Å². The highest BCUT2D eigenvalue weighted by Crippen LogP contribution is 2.33. The highest BCUT2D eigenvalue weighted by atomic mass is 79.9. The van der Waals surface area contributed by atoms with E-state index in [0.29, 0.717) is 0 Å². The fraction of sp³-hybridized carbons (Fsp3) is 0.500. The van der Waals surface area contributed by atoms with Crippen molar-refractivity contribution in [1.29, 1.82) is 5.41 Å². The summed E-state index contributed by atoms with van der Waals surface area (Å²) in [5.74, 6) is -1.56. The molecule has 12 heteroatoms. The molecule has 3 heterocycles. The van der Waals surface area contributed by atoms with Crippen molar-refractivity contribution in [3.05, 3.63) is 22.0 Å². The summed E-state index contributed by atoms with van der Waals surface area (Å²) in [6.07, 6.45) is -3.51. The topological polar surface area (TPSA) is 177 Å². The Labute approximate surface area is 167 Å². The number of aliphatic hydroxyl groups is 2. The number of hydrogen-bond acceptors (Lipinski definition) is 8. The smallest absolute Gasteiger partial charge is 0.308 e. The number of ether oxygens (including phenoxy) is 2. The summed E-state index contributed by atoms with van der Waals surface area (Å²) in [7, 11) is 0. The maximum absolute atomic E-state index is 11.7. The predicted molar refractivity (Wildman–Crippen MR) is 97.9 cm³/mol. The second kappa shape index (κ2) is 7.62. The number of esters is 1. The second-order valence-corrected chi connectivity index (χ2v) is 7.53. The van der Waals surface area contributed by atoms with Gasteiger partial charge in [-0.15, -0.1) is 0 Å². The number of aliphatic hydroxyl groups excluding tert-OH is 2. The molecule has 0 radical (unpaired) electrons. The molecule has 2 aromatic rings. The number of aromatic nitrogens is 3. The number of carbonyl (C=O) groups is 2. The highest BCUT2D eigenvalue weighted by Gasteiger charge is 2.45. The number of nitrogens with one attached hydrogen (secondary N) is 2. The summed E-state index contributed by atoms with van der Waals surface area (Å²) >= 11 is 3.19. The fourth-order valence-electron chi connectivity index (χ4n) is 2.98. The van der Waals surface area contributed by atoms with Crippen LogP contribution in [-0.4, -0.2) is 61.5 Å². The van der Waals surface area contributed by atoms with Gasteiger partial charge >= 0.3 is 5.97 Å². The molecule has 28 heavy (non-hydrogen) atoms. The van der Waals surface area contributed by atoms with Crippen LogP contribution in [0, 0.1) is 11.3 Å². The van der Waals surface area contributed by atoms with E-state index < -0.39 is 36.4 Å². The Morgan fingerprint density at radius 1 is 1.46 bits per heavy atom. The first-order valence-electron chi connectivity index (χ1n) is 8.44. The van der Waals surface area contributed by atoms with Crippen molar-refractivity contribution in [3.8, 4) is 0 Å². The van der Waals surface area contributed by atoms with Gasteiger partial charge in [-0.1, -0.05) is 13.8 Å². The number of H-pyrrole nitrogens is 1. The van der Waals surface area contributed by atoms with Crippen molar-refractivity contribution >= 4 is 38.8 Å². The Hall–Kier alpha value is -2.28. The molecule has 1 aliphatic rings. The van der Waals surface area contributed by atoms with Gasteiger partial charge < -0.3 is 30.4 Å². The molecule has 0 aliphatic carbocycles. The van der Waals surface area contributed by atoms with Crippen LogP contribution in [0.25, 0.3) is 11.0 Å². The largest absolute Gasteiger partial charge is 0.463 e. The Kier molecular flexibility index (Phi) is 5.57. The van der Waals surface area contributed by atoms with Crippen molar-refractivity contribution in [1.82, 2.24) is 14.5 Å². The Balaban J connectivity index is 1.96. The number of halogens is 1. The lowest BCUT2D eigenvalue weighted by atomic mass is 10.1. The zero-order chi connectivity index (χ0) is 20.7. The first-order chi connectivity index (χ1) is 13.1. The molecule has 6 N–H and O–H groups in total. The van der Waals surface area contributed by atoms with E-state index >= 15 is 0 Å². The molecule has 1 aliphatic heterocycles. The Morgan fingerprint density at radius 2 is 2.14 bits per heavy atom. The normalized spacial score (nSPS) is 24.8. The molecule has 0 bridgehead atoms. The number of carbonyl (C=O) groups excluding carboxylic acids is 2. The molecule has 4 atom stereocenters. The number of nitrogens with two attached hydrogens (primary N) is 1. The van der Waals surface area contributed by atoms with E-state index in [1.54, 1.807) is 13.8 Å². The van der Waals surface area contributed by atoms with Crippen LogP contribution in [-0.2, 0) is 14.3 Å². The maximum atomic E-state index is 11.7. The molecular weight excluding hydrogens is 438 g/mol. The number of nitrogens with zero attached hydrogens (tertiary/aromatic N) is 2. The van der Waals surface area contributed by atoms with Crippen molar-refractivity contribution in [2.45, 2.75) is 38.4 Å². The number of rotatable bonds is 5. The van der Waals surface area contributed by atoms with Gasteiger partial charge in [0.25, 0.3) is 5.91 Å². The predicted octanol–water partition coefficient (Wildman–Crippen LogP) is -0.476. The molecule has 2 aromatic heterocycles. The molecule has 3 rings (SSSR count). The summed E-state index contributed by atoms with van der Waals surface area (Å²) < 4.78 is 12.4. The van der Waals surface area contributed by atoms with Crippen molar-refractivity contribution in [2.75, 3.05) is 6.61 Å². The lowest BCUT2D eigenvalue weighted by Crippen LogP contribution is -2.35. The molecule has 11 nitrogen and oxygen atoms in total. The number of aromatic amines is 1. The van der Waals surface area contributed by atoms with Crippen LogP contribution in [0.3, 0.4) is 0 Å². The number of primary amides is 1. The molecule has 152 valence electrons. The van der Waals surface area contributed by atoms with Crippen LogP contribution < -0.4 is 11.2 Å². The first-order valence-corrected chi connectivity index (χ1v) is 9.23. The number of hydrogen-bond donors (Lipinski definition) is 5. The summed E-state index contributed by atoms with van der Waals surface area (Å²) in [4.78, 5) is 30.2. The Bertz CT molecular complexity index is 986. The minimum atomic E-state index is -1.37. The molecule has 0 unspecified atom stereocenters. The van der Waals surface area contributed by atoms with Gasteiger partial charge in [0, 0.05) is 0 Å². The van der Waals surface area contributed by atoms with Crippen molar-refractivity contribution < 1.29 is 29.3 Å². The van der Waals surface area contributed by atoms with Crippen LogP contribution in [0.2, 0.25) is 0 Å². The number of fused-ring (bicyclic) bond motifs is 1. The fourth-order valence-corrected chi connectivity index (χ4v) is 3.56. The van der Waals surface area contributed by atoms with Crippen molar-refractivity contribution in [2.24, 2.45) is 11.7 Å². The van der Waals surface area contributed by atoms with Gasteiger partial charge in [-0.2, -0.15) is 0 Å². The monoisotopic (exact) mass is 457 g/mol. The van der Waals surface area contributed by atoms with Gasteiger partial charge in [-0.3, -0.25) is 19.6 Å². The highest BCUT2D eigenvalue weighted by molar-refractivity contribution is 9.10. The first kappa shape index (κ1) is 20.5. The van der Waals surface area contributed by atoms with Crippen LogP contribution in [0.1, 0.15) is 30.4 Å². The third-order valence-corrected chi connectivity index (χ3v) is 5.05. The quantitative estimate of drug-likeness (QED) is 0.376. The van der Waals surface area contributed by atoms with E-state index in [-0.39, 0.29) is 39.2 Å². The third kappa shape index (κ3) is 3.43. The van der Waals surface area contributed by atoms with Gasteiger partial charge in [0.15, 0.2) is 11.7 Å². The van der Waals surface area contributed by atoms with Crippen LogP contribution >= 0.6 is 15.9 Å². The minimum Gasteiger partial charge on any atom is -0.463 e. The van der Waals surface area contributed by atoms with E-state index in [9.17, 15) is 19.8 Å². The molecule has 1 fully saturated rings. The van der Waals surface area contributed by atoms with E-state index in [1.807, 2.05) is 0 Å². The molecular formula is C16H20BrN5O6. The van der Waals surface area contributed by atoms with Crippen LogP contribution in [0.4, 0.5) is 0 Å². The Morgan fingerprint density at radius 3 is 2.75 bits per heavy atom. The zero-order valence-corrected chi connectivity index (χ0v) is 16.6. The van der Waals surface area contributed by atoms with E-state index in [0.717, 1.165) is 0 Å². The summed E-state index contributed by atoms with van der Waals surface area (Å²) in [5, 5.41) is 28.8. The third-order valence-electron chi connectivity index (χ3n) is 4.46. The molecule has 0 spiro atoms. The van der Waals surface area contributed by atoms with Crippen molar-refractivity contribution in [3.63, 3.8) is 0 Å². The average Bonchev–Trinajstić information content (AvgIpc) is 3.12. The molecule has 0 aromatic carbocycles. The maximum Gasteiger partial charge on any atom is 0.308 e. The minimum absolute atomic E-state index is 0.0392. The van der Waals surface area contributed by atoms with Gasteiger partial charge in [-0.05, 0) is 15.9 Å². The van der Waals surface area contributed by atoms with Crippen LogP contribution in [0.15, 0.2) is 10.9 Å². The molecule has 0 saturated carbocycles. The van der Waals surface area contributed by atoms with E-state index in [2.05, 4.69) is 25.9 Å². The lowest BCUT2D eigenvalue weighted by Gasteiger charge is -2.19. The standard InChI is InChI=1S/C16H20BrN5O6/c1-5(2)16(26)27-3-6-9(23)10(24)15(28-6)22-4-20-12(18)8-7(13(19)25)11(17)21-14(8)22/h4-6,9-10,15,18,21,23-24H,3H2,1-2H3,(H2,19,25)/t6-,9+,10-,15+/m0/s1. The van der Waals surface area contributed by atoms with Gasteiger partial charge in [0.05, 0.1) is 21.5 Å². The lowest BCUT2D eigenvalue weighted by molar-refractivity contribution is -0.153. The summed E-state index contributed by atoms with van der Waals surface area (Å²) in [6, 6.07) is 0. The van der Waals surface area contributed by atoms with Gasteiger partial charge in [0.1, 0.15) is 36.9 Å². The molecule has 1 saturated heterocycles. The average molecular weight is 458 g/mol. The van der Waals surface area contributed by atoms with Gasteiger partial charge in [-0.25, -0.2) is 4.98 Å². The summed E-state index contributed by atoms with van der Waals surface area (Å²) in [6.45, 7) is 3.11. The van der Waals surface area contributed by atoms with Crippen LogP contribution in [0.5, 0.6) is 0 Å². The number of amides is 1.